The van der Waals surface area contributed by atoms with Gasteiger partial charge in [-0.15, -0.1) is 12.4 Å². The van der Waals surface area contributed by atoms with Gasteiger partial charge in [0.05, 0.1) is 24.8 Å². The summed E-state index contributed by atoms with van der Waals surface area (Å²) in [6.45, 7) is 7.55. The van der Waals surface area contributed by atoms with Crippen LogP contribution in [-0.4, -0.2) is 54.6 Å². The molecule has 3 N–H and O–H groups in total. The molecule has 1 saturated heterocycles. The normalized spacial score (nSPS) is 25.5. The van der Waals surface area contributed by atoms with Gasteiger partial charge in [-0.2, -0.15) is 0 Å². The molecule has 0 radical (unpaired) electrons. The monoisotopic (exact) mass is 389 g/mol. The van der Waals surface area contributed by atoms with E-state index in [1.807, 2.05) is 18.7 Å². The number of nitrogens with two attached hydrogens (primary N) is 1. The topological polar surface area (TPSA) is 84.7 Å². The van der Waals surface area contributed by atoms with Crippen LogP contribution in [0, 0.1) is 11.8 Å². The van der Waals surface area contributed by atoms with Gasteiger partial charge in [0.2, 0.25) is 11.8 Å². The predicted octanol–water partition coefficient (Wildman–Crippen LogP) is 2.09. The Morgan fingerprint density at radius 1 is 1.08 bits per heavy atom. The van der Waals surface area contributed by atoms with Crippen molar-refractivity contribution in [1.82, 2.24) is 10.2 Å². The van der Waals surface area contributed by atoms with E-state index in [9.17, 15) is 9.59 Å². The molecule has 1 heterocycles. The van der Waals surface area contributed by atoms with Gasteiger partial charge in [-0.3, -0.25) is 9.59 Å². The summed E-state index contributed by atoms with van der Waals surface area (Å²) in [5, 5.41) is 2.66. The van der Waals surface area contributed by atoms with Crippen molar-refractivity contribution in [2.45, 2.75) is 77.5 Å². The molecule has 6 nitrogen and oxygen atoms in total. The minimum atomic E-state index is -0.565. The smallest absolute Gasteiger partial charge is 0.241 e. The highest BCUT2D eigenvalue weighted by atomic mass is 35.5. The molecule has 0 bridgehead atoms. The van der Waals surface area contributed by atoms with Gasteiger partial charge in [-0.05, 0) is 50.4 Å². The average molecular weight is 390 g/mol. The summed E-state index contributed by atoms with van der Waals surface area (Å²) in [7, 11) is 0. The van der Waals surface area contributed by atoms with Crippen LogP contribution in [0.4, 0.5) is 0 Å². The van der Waals surface area contributed by atoms with E-state index in [2.05, 4.69) is 12.2 Å². The molecule has 0 spiro atoms. The fraction of sp³-hybridized carbons (Fsp3) is 0.895. The SMILES string of the molecule is CC1CCC(OC2CCN(C(=O)CNC(=O)[C@@H](N)C(C)C)CC2)CC1.Cl. The van der Waals surface area contributed by atoms with Crippen molar-refractivity contribution in [2.24, 2.45) is 17.6 Å². The van der Waals surface area contributed by atoms with Crippen LogP contribution in [-0.2, 0) is 14.3 Å². The molecule has 2 fully saturated rings. The summed E-state index contributed by atoms with van der Waals surface area (Å²) in [5.74, 6) is 0.603. The van der Waals surface area contributed by atoms with Crippen LogP contribution in [0.2, 0.25) is 0 Å². The Morgan fingerprint density at radius 2 is 1.62 bits per heavy atom. The number of carbonyl (C=O) groups is 2. The van der Waals surface area contributed by atoms with E-state index < -0.39 is 6.04 Å². The molecule has 2 aliphatic rings. The molecule has 152 valence electrons. The number of nitrogens with zero attached hydrogens (tertiary/aromatic N) is 1. The van der Waals surface area contributed by atoms with Crippen molar-refractivity contribution < 1.29 is 14.3 Å². The van der Waals surface area contributed by atoms with Crippen LogP contribution in [0.1, 0.15) is 59.3 Å². The number of nitrogens with one attached hydrogen (secondary N) is 1. The second kappa shape index (κ2) is 11.1. The second-order valence-corrected chi connectivity index (χ2v) is 8.09. The number of ether oxygens (including phenoxy) is 1. The fourth-order valence-corrected chi connectivity index (χ4v) is 3.57. The first-order chi connectivity index (χ1) is 11.9. The Hall–Kier alpha value is -0.850. The van der Waals surface area contributed by atoms with Gasteiger partial charge >= 0.3 is 0 Å². The van der Waals surface area contributed by atoms with Gasteiger partial charge in [0.15, 0.2) is 0 Å². The van der Waals surface area contributed by atoms with Crippen molar-refractivity contribution in [3.63, 3.8) is 0 Å². The first-order valence-electron chi connectivity index (χ1n) is 9.83. The lowest BCUT2D eigenvalue weighted by atomic mass is 9.88. The number of hydrogen-bond donors (Lipinski definition) is 2. The zero-order valence-electron chi connectivity index (χ0n) is 16.4. The molecule has 1 atom stereocenters. The maximum absolute atomic E-state index is 12.3. The molecule has 1 aliphatic carbocycles. The van der Waals surface area contributed by atoms with E-state index in [-0.39, 0.29) is 42.8 Å². The van der Waals surface area contributed by atoms with E-state index in [0.717, 1.165) is 18.8 Å². The van der Waals surface area contributed by atoms with E-state index in [4.69, 9.17) is 10.5 Å². The summed E-state index contributed by atoms with van der Waals surface area (Å²) < 4.78 is 6.24. The Morgan fingerprint density at radius 3 is 2.15 bits per heavy atom. The van der Waals surface area contributed by atoms with Gasteiger partial charge in [0, 0.05) is 13.1 Å². The predicted molar refractivity (Wildman–Crippen MR) is 105 cm³/mol. The Labute approximate surface area is 164 Å². The number of hydrogen-bond acceptors (Lipinski definition) is 4. The van der Waals surface area contributed by atoms with Gasteiger partial charge in [0.25, 0.3) is 0 Å². The van der Waals surface area contributed by atoms with E-state index in [1.165, 1.54) is 25.7 Å². The van der Waals surface area contributed by atoms with Gasteiger partial charge in [0.1, 0.15) is 0 Å². The van der Waals surface area contributed by atoms with Gasteiger partial charge in [-0.25, -0.2) is 0 Å². The number of likely N-dealkylation sites (tertiary alicyclic amines) is 1. The first-order valence-corrected chi connectivity index (χ1v) is 9.83. The van der Waals surface area contributed by atoms with E-state index >= 15 is 0 Å². The van der Waals surface area contributed by atoms with E-state index in [1.54, 1.807) is 0 Å². The Bertz CT molecular complexity index is 445. The zero-order valence-corrected chi connectivity index (χ0v) is 17.2. The minimum absolute atomic E-state index is 0. The van der Waals surface area contributed by atoms with E-state index in [0.29, 0.717) is 19.2 Å². The van der Waals surface area contributed by atoms with Crippen molar-refractivity contribution >= 4 is 24.2 Å². The Kier molecular flexibility index (Phi) is 9.90. The Balaban J connectivity index is 0.00000338. The minimum Gasteiger partial charge on any atom is -0.375 e. The maximum Gasteiger partial charge on any atom is 0.241 e. The molecule has 2 rings (SSSR count). The molecule has 0 aromatic heterocycles. The van der Waals surface area contributed by atoms with Crippen LogP contribution in [0.25, 0.3) is 0 Å². The molecular formula is C19H36ClN3O3. The van der Waals surface area contributed by atoms with Crippen molar-refractivity contribution in [3.8, 4) is 0 Å². The number of piperidine rings is 1. The van der Waals surface area contributed by atoms with Crippen LogP contribution in [0.15, 0.2) is 0 Å². The van der Waals surface area contributed by atoms with Crippen molar-refractivity contribution in [3.05, 3.63) is 0 Å². The summed E-state index contributed by atoms with van der Waals surface area (Å²) in [4.78, 5) is 25.9. The highest BCUT2D eigenvalue weighted by Crippen LogP contribution is 2.28. The molecule has 1 aliphatic heterocycles. The summed E-state index contributed by atoms with van der Waals surface area (Å²) in [6, 6.07) is -0.565. The second-order valence-electron chi connectivity index (χ2n) is 8.09. The third-order valence-electron chi connectivity index (χ3n) is 5.58. The lowest BCUT2D eigenvalue weighted by Crippen LogP contribution is -2.49. The average Bonchev–Trinajstić information content (AvgIpc) is 2.61. The van der Waals surface area contributed by atoms with Crippen LogP contribution in [0.3, 0.4) is 0 Å². The number of carbonyl (C=O) groups excluding carboxylic acids is 2. The lowest BCUT2D eigenvalue weighted by molar-refractivity contribution is -0.136. The summed E-state index contributed by atoms with van der Waals surface area (Å²) >= 11 is 0. The molecule has 1 saturated carbocycles. The molecule has 0 aromatic carbocycles. The first kappa shape index (κ1) is 23.2. The maximum atomic E-state index is 12.3. The number of rotatable bonds is 6. The largest absolute Gasteiger partial charge is 0.375 e. The highest BCUT2D eigenvalue weighted by molar-refractivity contribution is 5.87. The molecule has 26 heavy (non-hydrogen) atoms. The molecule has 7 heteroatoms. The van der Waals surface area contributed by atoms with Crippen LogP contribution in [0.5, 0.6) is 0 Å². The fourth-order valence-electron chi connectivity index (χ4n) is 3.57. The molecular weight excluding hydrogens is 354 g/mol. The third-order valence-corrected chi connectivity index (χ3v) is 5.58. The van der Waals surface area contributed by atoms with Crippen LogP contribution < -0.4 is 11.1 Å². The molecule has 0 aromatic rings. The number of halogens is 1. The quantitative estimate of drug-likeness (QED) is 0.728. The van der Waals surface area contributed by atoms with Crippen molar-refractivity contribution in [1.29, 1.82) is 0 Å². The molecule has 0 unspecified atom stereocenters. The third kappa shape index (κ3) is 7.05. The molecule has 2 amide bonds. The van der Waals surface area contributed by atoms with Crippen LogP contribution >= 0.6 is 12.4 Å². The summed E-state index contributed by atoms with van der Waals surface area (Å²) in [5.41, 5.74) is 5.79. The highest BCUT2D eigenvalue weighted by Gasteiger charge is 2.27. The summed E-state index contributed by atoms with van der Waals surface area (Å²) in [6.07, 6.45) is 7.31. The van der Waals surface area contributed by atoms with Gasteiger partial charge < -0.3 is 20.7 Å². The van der Waals surface area contributed by atoms with Gasteiger partial charge in [-0.1, -0.05) is 20.8 Å². The lowest BCUT2D eigenvalue weighted by Gasteiger charge is -2.35. The van der Waals surface area contributed by atoms with Crippen molar-refractivity contribution in [2.75, 3.05) is 19.6 Å². The number of amides is 2. The zero-order chi connectivity index (χ0) is 18.4. The standard InChI is InChI=1S/C19H35N3O3.ClH/c1-13(2)18(20)19(24)21-12-17(23)22-10-8-16(9-11-22)25-15-6-4-14(3)5-7-15;/h13-16,18H,4-12,20H2,1-3H3,(H,21,24);1H/t14?,15?,18-;/m0./s1.